The van der Waals surface area contributed by atoms with E-state index >= 15 is 0 Å². The monoisotopic (exact) mass is 903 g/mol. The number of aliphatic carboxylic acids is 1. The van der Waals surface area contributed by atoms with Crippen molar-refractivity contribution < 1.29 is 53.8 Å². The summed E-state index contributed by atoms with van der Waals surface area (Å²) in [6, 6.07) is 3.29. The Morgan fingerprint density at radius 3 is 1.83 bits per heavy atom. The van der Waals surface area contributed by atoms with Gasteiger partial charge in [-0.2, -0.15) is 0 Å². The average Bonchev–Trinajstić information content (AvgIpc) is 3.26. The Hall–Kier alpha value is -3.02. The molecule has 0 bridgehead atoms. The molecule has 7 aliphatic carbocycles. The lowest BCUT2D eigenvalue weighted by Gasteiger charge is -2.77. The molecule has 4 N–H and O–H groups in total. The average molecular weight is 903 g/mol. The van der Waals surface area contributed by atoms with Crippen molar-refractivity contribution in [2.75, 3.05) is 20.8 Å². The van der Waals surface area contributed by atoms with Crippen molar-refractivity contribution in [3.8, 4) is 5.75 Å². The molecule has 1 aromatic rings. The van der Waals surface area contributed by atoms with E-state index in [4.69, 9.17) is 14.2 Å². The third-order valence-electron chi connectivity index (χ3n) is 23.1. The van der Waals surface area contributed by atoms with Crippen LogP contribution in [0.15, 0.2) is 12.1 Å². The molecular formula is C54H78O11. The van der Waals surface area contributed by atoms with Crippen molar-refractivity contribution in [3.63, 3.8) is 0 Å². The molecule has 8 aliphatic rings. The van der Waals surface area contributed by atoms with E-state index < -0.39 is 46.0 Å². The molecule has 11 heteroatoms. The molecule has 17 unspecified atom stereocenters. The van der Waals surface area contributed by atoms with E-state index in [2.05, 4.69) is 48.5 Å². The fraction of sp³-hybridized carbons (Fsp3) is 0.815. The number of benzene rings is 1. The number of ether oxygens (including phenoxy) is 3. The maximum Gasteiger partial charge on any atom is 0.339 e. The van der Waals surface area contributed by atoms with E-state index in [0.29, 0.717) is 67.1 Å². The number of ketones is 1. The highest BCUT2D eigenvalue weighted by molar-refractivity contribution is 6.08. The number of rotatable bonds is 7. The molecule has 65 heavy (non-hydrogen) atoms. The van der Waals surface area contributed by atoms with Gasteiger partial charge in [-0.15, -0.1) is 0 Å². The normalized spacial score (nSPS) is 49.3. The molecule has 0 aromatic heterocycles. The van der Waals surface area contributed by atoms with Gasteiger partial charge < -0.3 is 34.6 Å². The lowest BCUT2D eigenvalue weighted by Crippen LogP contribution is -2.74. The number of esters is 2. The number of fused-ring (bicyclic) bond motifs is 14. The fourth-order valence-corrected chi connectivity index (χ4v) is 19.7. The molecule has 7 fully saturated rings. The van der Waals surface area contributed by atoms with Crippen molar-refractivity contribution in [1.82, 2.24) is 0 Å². The van der Waals surface area contributed by atoms with Crippen LogP contribution in [0.2, 0.25) is 0 Å². The molecule has 7 saturated carbocycles. The molecule has 0 radical (unpaired) electrons. The zero-order chi connectivity index (χ0) is 47.2. The highest BCUT2D eigenvalue weighted by Gasteiger charge is 2.76. The maximum absolute atomic E-state index is 13.7. The predicted octanol–water partition coefficient (Wildman–Crippen LogP) is 8.85. The number of carboxylic acids is 1. The summed E-state index contributed by atoms with van der Waals surface area (Å²) in [5.74, 6) is -0.388. The Bertz CT molecular complexity index is 2150. The summed E-state index contributed by atoms with van der Waals surface area (Å²) in [6.07, 6.45) is 9.38. The molecule has 18 atom stereocenters. The van der Waals surface area contributed by atoms with E-state index in [-0.39, 0.29) is 87.6 Å². The number of carbonyl (C=O) groups is 4. The fourth-order valence-electron chi connectivity index (χ4n) is 19.7. The van der Waals surface area contributed by atoms with Crippen LogP contribution in [0, 0.1) is 85.8 Å². The Labute approximate surface area is 386 Å². The smallest absolute Gasteiger partial charge is 0.339 e. The Balaban J connectivity index is 1.03. The summed E-state index contributed by atoms with van der Waals surface area (Å²) in [5, 5.41) is 47.1. The predicted molar refractivity (Wildman–Crippen MR) is 243 cm³/mol. The second-order valence-electron chi connectivity index (χ2n) is 24.7. The molecule has 9 rings (SSSR count). The summed E-state index contributed by atoms with van der Waals surface area (Å²) < 4.78 is 17.0. The Morgan fingerprint density at radius 2 is 1.23 bits per heavy atom. The molecule has 1 aliphatic heterocycles. The SMILES string of the molecule is COC(=O)CCC(=O)c1ccc2c(c1C(=O)OC)CC1C(CO)(CCC3C1(C)CCC1C4(C)CCC5C6(C)CCC7C(C)(C(C)CC(O)[C@]7(C)C(=O)O)C6CC(C)C5(C)C4CCC31O)O2. The second kappa shape index (κ2) is 15.2. The van der Waals surface area contributed by atoms with Gasteiger partial charge >= 0.3 is 17.9 Å². The van der Waals surface area contributed by atoms with Crippen LogP contribution in [0.25, 0.3) is 0 Å². The van der Waals surface area contributed by atoms with Gasteiger partial charge in [-0.25, -0.2) is 4.79 Å². The lowest BCUT2D eigenvalue weighted by molar-refractivity contribution is -0.307. The number of aliphatic hydroxyl groups is 3. The largest absolute Gasteiger partial charge is 0.484 e. The molecule has 1 aromatic carbocycles. The summed E-state index contributed by atoms with van der Waals surface area (Å²) >= 11 is 0. The van der Waals surface area contributed by atoms with Gasteiger partial charge in [0.15, 0.2) is 5.78 Å². The van der Waals surface area contributed by atoms with Gasteiger partial charge in [0.2, 0.25) is 0 Å². The lowest BCUT2D eigenvalue weighted by atomic mass is 9.28. The van der Waals surface area contributed by atoms with E-state index in [1.54, 1.807) is 12.1 Å². The van der Waals surface area contributed by atoms with E-state index in [0.717, 1.165) is 51.4 Å². The maximum atomic E-state index is 13.7. The Morgan fingerprint density at radius 1 is 0.692 bits per heavy atom. The highest BCUT2D eigenvalue weighted by Crippen LogP contribution is 2.80. The quantitative estimate of drug-likeness (QED) is 0.152. The molecule has 1 heterocycles. The van der Waals surface area contributed by atoms with Crippen LogP contribution < -0.4 is 4.74 Å². The molecule has 11 nitrogen and oxygen atoms in total. The van der Waals surface area contributed by atoms with Crippen molar-refractivity contribution in [2.45, 2.75) is 169 Å². The van der Waals surface area contributed by atoms with Gasteiger partial charge in [-0.1, -0.05) is 48.5 Å². The minimum Gasteiger partial charge on any atom is -0.484 e. The topological polar surface area (TPSA) is 177 Å². The van der Waals surface area contributed by atoms with Crippen LogP contribution in [0.3, 0.4) is 0 Å². The van der Waals surface area contributed by atoms with Crippen molar-refractivity contribution in [2.24, 2.45) is 85.8 Å². The number of aliphatic hydroxyl groups excluding tert-OH is 2. The molecular weight excluding hydrogens is 825 g/mol. The molecule has 0 saturated heterocycles. The van der Waals surface area contributed by atoms with Gasteiger partial charge in [0.05, 0.1) is 49.9 Å². The first-order chi connectivity index (χ1) is 30.4. The van der Waals surface area contributed by atoms with E-state index in [1.807, 2.05) is 6.92 Å². The van der Waals surface area contributed by atoms with E-state index in [9.17, 15) is 39.6 Å². The van der Waals surface area contributed by atoms with Crippen LogP contribution in [-0.2, 0) is 25.5 Å². The third-order valence-corrected chi connectivity index (χ3v) is 23.1. The van der Waals surface area contributed by atoms with Gasteiger partial charge in [0.25, 0.3) is 0 Å². The standard InChI is InChI=1S/C54H78O11/c1-29-25-40-48(4,22-17-39-51(40,7)30(2)26-42(57)52(39,8)46(60)61)35-15-20-47(3)36(50(29,35)6)19-24-54(62)37(47)16-21-49(5)38(54)18-23-53(28-55)41(49)27-32-34(65-53)13-11-31(44(32)45(59)64-10)33(56)12-14-43(58)63-9/h11,13,29-30,35-42,55,57,62H,12,14-28H2,1-10H3,(H,60,61)/t29?,30?,35?,36?,37?,38?,39?,40?,41?,42?,47?,48?,49?,50?,51?,52-,53?,54?/m1/s1. The van der Waals surface area contributed by atoms with Crippen LogP contribution in [-0.4, -0.2) is 82.2 Å². The number of hydrogen-bond acceptors (Lipinski definition) is 10. The minimum absolute atomic E-state index is 0.0336. The van der Waals surface area contributed by atoms with Gasteiger partial charge in [-0.05, 0) is 177 Å². The van der Waals surface area contributed by atoms with Gasteiger partial charge in [-0.3, -0.25) is 14.4 Å². The van der Waals surface area contributed by atoms with Crippen LogP contribution in [0.4, 0.5) is 0 Å². The highest BCUT2D eigenvalue weighted by atomic mass is 16.5. The van der Waals surface area contributed by atoms with Gasteiger partial charge in [0, 0.05) is 23.5 Å². The van der Waals surface area contributed by atoms with E-state index in [1.165, 1.54) is 14.2 Å². The van der Waals surface area contributed by atoms with Crippen molar-refractivity contribution in [3.05, 3.63) is 28.8 Å². The number of methoxy groups -OCH3 is 2. The first-order valence-electron chi connectivity index (χ1n) is 25.2. The molecule has 0 amide bonds. The number of hydrogen-bond donors (Lipinski definition) is 4. The first-order valence-corrected chi connectivity index (χ1v) is 25.2. The van der Waals surface area contributed by atoms with Crippen molar-refractivity contribution >= 4 is 23.7 Å². The number of carboxylic acid groups (broad SMARTS) is 1. The molecule has 0 spiro atoms. The first kappa shape index (κ1) is 47.1. The summed E-state index contributed by atoms with van der Waals surface area (Å²) in [6.45, 7) is 18.7. The van der Waals surface area contributed by atoms with Gasteiger partial charge in [0.1, 0.15) is 11.4 Å². The van der Waals surface area contributed by atoms with Crippen LogP contribution in [0.5, 0.6) is 5.75 Å². The summed E-state index contributed by atoms with van der Waals surface area (Å²) in [7, 11) is 2.57. The zero-order valence-corrected chi connectivity index (χ0v) is 40.9. The Kier molecular flexibility index (Phi) is 11.0. The van der Waals surface area contributed by atoms with Crippen LogP contribution in [0.1, 0.15) is 172 Å². The third kappa shape index (κ3) is 5.94. The van der Waals surface area contributed by atoms with Crippen molar-refractivity contribution in [1.29, 1.82) is 0 Å². The zero-order valence-electron chi connectivity index (χ0n) is 40.9. The number of carbonyl (C=O) groups excluding carboxylic acids is 3. The summed E-state index contributed by atoms with van der Waals surface area (Å²) in [4.78, 5) is 52.3. The second-order valence-corrected chi connectivity index (χ2v) is 24.7. The van der Waals surface area contributed by atoms with Crippen LogP contribution >= 0.6 is 0 Å². The molecule has 360 valence electrons. The number of Topliss-reactive ketones (excluding diaryl/α,β-unsaturated/α-hetero) is 1. The summed E-state index contributed by atoms with van der Waals surface area (Å²) in [5.41, 5.74) is -2.79. The minimum atomic E-state index is -1.16.